The largest absolute Gasteiger partial charge is 0.454 e. The fourth-order valence-corrected chi connectivity index (χ4v) is 1.96. The highest BCUT2D eigenvalue weighted by Gasteiger charge is 2.12. The fraction of sp³-hybridized carbons (Fsp3) is 0.308. The van der Waals surface area contributed by atoms with Gasteiger partial charge in [0.2, 0.25) is 6.79 Å². The first-order valence-corrected chi connectivity index (χ1v) is 5.92. The van der Waals surface area contributed by atoms with Crippen LogP contribution in [-0.2, 0) is 13.5 Å². The van der Waals surface area contributed by atoms with Gasteiger partial charge in [0.1, 0.15) is 5.82 Å². The van der Waals surface area contributed by atoms with Crippen LogP contribution >= 0.6 is 0 Å². The van der Waals surface area contributed by atoms with Gasteiger partial charge in [0, 0.05) is 44.2 Å². The Kier molecular flexibility index (Phi) is 2.80. The molecule has 1 aromatic heterocycles. The number of fused-ring (bicyclic) bond motifs is 1. The first kappa shape index (κ1) is 11.0. The van der Waals surface area contributed by atoms with Crippen molar-refractivity contribution in [2.45, 2.75) is 6.42 Å². The lowest BCUT2D eigenvalue weighted by Gasteiger charge is -2.07. The monoisotopic (exact) mass is 245 g/mol. The van der Waals surface area contributed by atoms with Crippen LogP contribution in [0, 0.1) is 0 Å². The van der Waals surface area contributed by atoms with Crippen LogP contribution in [0.1, 0.15) is 5.82 Å². The molecule has 0 fully saturated rings. The van der Waals surface area contributed by atoms with Crippen LogP contribution in [0.2, 0.25) is 0 Å². The maximum atomic E-state index is 5.33. The molecule has 0 bridgehead atoms. The highest BCUT2D eigenvalue weighted by atomic mass is 16.7. The Hall–Kier alpha value is -2.17. The molecule has 2 aromatic rings. The van der Waals surface area contributed by atoms with Gasteiger partial charge in [-0.2, -0.15) is 0 Å². The first-order chi connectivity index (χ1) is 8.83. The van der Waals surface area contributed by atoms with Gasteiger partial charge in [-0.1, -0.05) is 0 Å². The number of aromatic nitrogens is 2. The Labute approximate surface area is 105 Å². The van der Waals surface area contributed by atoms with Crippen molar-refractivity contribution in [3.8, 4) is 11.5 Å². The Morgan fingerprint density at radius 3 is 3.06 bits per heavy atom. The Morgan fingerprint density at radius 1 is 1.33 bits per heavy atom. The Bertz CT molecular complexity index is 551. The number of anilines is 1. The van der Waals surface area contributed by atoms with E-state index in [2.05, 4.69) is 10.3 Å². The number of hydrogen-bond acceptors (Lipinski definition) is 4. The second kappa shape index (κ2) is 4.60. The minimum absolute atomic E-state index is 0.312. The summed E-state index contributed by atoms with van der Waals surface area (Å²) in [6, 6.07) is 5.87. The zero-order valence-electron chi connectivity index (χ0n) is 10.2. The van der Waals surface area contributed by atoms with E-state index in [9.17, 15) is 0 Å². The molecule has 0 unspecified atom stereocenters. The van der Waals surface area contributed by atoms with Crippen molar-refractivity contribution in [1.82, 2.24) is 9.55 Å². The van der Waals surface area contributed by atoms with E-state index in [0.717, 1.165) is 36.0 Å². The average molecular weight is 245 g/mol. The van der Waals surface area contributed by atoms with Crippen molar-refractivity contribution < 1.29 is 9.47 Å². The van der Waals surface area contributed by atoms with E-state index in [1.165, 1.54) is 0 Å². The van der Waals surface area contributed by atoms with E-state index in [1.807, 2.05) is 42.2 Å². The summed E-state index contributed by atoms with van der Waals surface area (Å²) in [6.45, 7) is 1.15. The number of ether oxygens (including phenoxy) is 2. The molecule has 94 valence electrons. The van der Waals surface area contributed by atoms with Gasteiger partial charge in [-0.05, 0) is 12.1 Å². The molecule has 1 aliphatic heterocycles. The van der Waals surface area contributed by atoms with Crippen LogP contribution in [0.15, 0.2) is 30.6 Å². The molecule has 0 saturated heterocycles. The predicted octanol–water partition coefficient (Wildman–Crippen LogP) is 1.80. The van der Waals surface area contributed by atoms with Gasteiger partial charge in [0.05, 0.1) is 0 Å². The number of nitrogens with zero attached hydrogens (tertiary/aromatic N) is 2. The molecule has 0 aliphatic carbocycles. The topological polar surface area (TPSA) is 48.3 Å². The maximum absolute atomic E-state index is 5.33. The highest BCUT2D eigenvalue weighted by molar-refractivity contribution is 5.55. The molecule has 0 atom stereocenters. The molecule has 1 aliphatic rings. The predicted molar refractivity (Wildman–Crippen MR) is 68.0 cm³/mol. The number of benzene rings is 1. The van der Waals surface area contributed by atoms with Crippen LogP contribution in [0.25, 0.3) is 0 Å². The van der Waals surface area contributed by atoms with E-state index in [0.29, 0.717) is 6.79 Å². The standard InChI is InChI=1S/C13H15N3O2/c1-16-7-6-15-13(16)4-5-14-10-2-3-11-12(8-10)18-9-17-11/h2-3,6-8,14H,4-5,9H2,1H3. The third-order valence-corrected chi connectivity index (χ3v) is 2.97. The molecular formula is C13H15N3O2. The second-order valence-electron chi connectivity index (χ2n) is 4.20. The number of nitrogens with one attached hydrogen (secondary N) is 1. The van der Waals surface area contributed by atoms with Crippen molar-refractivity contribution in [1.29, 1.82) is 0 Å². The molecule has 1 aromatic carbocycles. The molecule has 0 radical (unpaired) electrons. The smallest absolute Gasteiger partial charge is 0.231 e. The summed E-state index contributed by atoms with van der Waals surface area (Å²) in [5.41, 5.74) is 1.04. The van der Waals surface area contributed by atoms with Gasteiger partial charge in [-0.15, -0.1) is 0 Å². The molecule has 2 heterocycles. The molecule has 18 heavy (non-hydrogen) atoms. The number of aryl methyl sites for hydroxylation is 1. The van der Waals surface area contributed by atoms with Crippen LogP contribution in [0.3, 0.4) is 0 Å². The molecule has 5 heteroatoms. The Morgan fingerprint density at radius 2 is 2.22 bits per heavy atom. The first-order valence-electron chi connectivity index (χ1n) is 5.92. The summed E-state index contributed by atoms with van der Waals surface area (Å²) >= 11 is 0. The maximum Gasteiger partial charge on any atom is 0.231 e. The van der Waals surface area contributed by atoms with E-state index >= 15 is 0 Å². The Balaban J connectivity index is 1.59. The average Bonchev–Trinajstić information content (AvgIpc) is 2.98. The molecule has 0 saturated carbocycles. The molecule has 1 N–H and O–H groups in total. The minimum Gasteiger partial charge on any atom is -0.454 e. The van der Waals surface area contributed by atoms with Crippen molar-refractivity contribution in [2.24, 2.45) is 7.05 Å². The summed E-state index contributed by atoms with van der Waals surface area (Å²) in [7, 11) is 2.00. The van der Waals surface area contributed by atoms with E-state index in [-0.39, 0.29) is 0 Å². The molecule has 0 amide bonds. The van der Waals surface area contributed by atoms with Gasteiger partial charge >= 0.3 is 0 Å². The zero-order chi connectivity index (χ0) is 12.4. The zero-order valence-corrected chi connectivity index (χ0v) is 10.2. The van der Waals surface area contributed by atoms with Crippen LogP contribution in [-0.4, -0.2) is 22.9 Å². The van der Waals surface area contributed by atoms with Crippen LogP contribution in [0.4, 0.5) is 5.69 Å². The fourth-order valence-electron chi connectivity index (χ4n) is 1.96. The highest BCUT2D eigenvalue weighted by Crippen LogP contribution is 2.34. The molecule has 5 nitrogen and oxygen atoms in total. The summed E-state index contributed by atoms with van der Waals surface area (Å²) in [6.07, 6.45) is 4.66. The van der Waals surface area contributed by atoms with Gasteiger partial charge in [0.15, 0.2) is 11.5 Å². The quantitative estimate of drug-likeness (QED) is 0.892. The van der Waals surface area contributed by atoms with E-state index in [4.69, 9.17) is 9.47 Å². The summed E-state index contributed by atoms with van der Waals surface area (Å²) in [4.78, 5) is 4.28. The van der Waals surface area contributed by atoms with Gasteiger partial charge in [-0.3, -0.25) is 0 Å². The van der Waals surface area contributed by atoms with E-state index in [1.54, 1.807) is 0 Å². The number of rotatable bonds is 4. The third kappa shape index (κ3) is 2.11. The lowest BCUT2D eigenvalue weighted by molar-refractivity contribution is 0.174. The van der Waals surface area contributed by atoms with Crippen molar-refractivity contribution >= 4 is 5.69 Å². The number of imidazole rings is 1. The van der Waals surface area contributed by atoms with Gasteiger partial charge in [-0.25, -0.2) is 4.98 Å². The third-order valence-electron chi connectivity index (χ3n) is 2.97. The SMILES string of the molecule is Cn1ccnc1CCNc1ccc2c(c1)OCO2. The normalized spacial score (nSPS) is 12.7. The lowest BCUT2D eigenvalue weighted by atomic mass is 10.2. The summed E-state index contributed by atoms with van der Waals surface area (Å²) in [5, 5.41) is 3.35. The molecule has 0 spiro atoms. The van der Waals surface area contributed by atoms with Crippen molar-refractivity contribution in [3.05, 3.63) is 36.4 Å². The van der Waals surface area contributed by atoms with Crippen LogP contribution in [0.5, 0.6) is 11.5 Å². The number of hydrogen-bond donors (Lipinski definition) is 1. The van der Waals surface area contributed by atoms with Crippen molar-refractivity contribution in [2.75, 3.05) is 18.7 Å². The van der Waals surface area contributed by atoms with Gasteiger partial charge < -0.3 is 19.4 Å². The molecule has 3 rings (SSSR count). The summed E-state index contributed by atoms with van der Waals surface area (Å²) < 4.78 is 12.6. The molecular weight excluding hydrogens is 230 g/mol. The summed E-state index contributed by atoms with van der Waals surface area (Å²) in [5.74, 6) is 2.69. The lowest BCUT2D eigenvalue weighted by Crippen LogP contribution is -2.08. The van der Waals surface area contributed by atoms with Crippen molar-refractivity contribution in [3.63, 3.8) is 0 Å². The van der Waals surface area contributed by atoms with Crippen LogP contribution < -0.4 is 14.8 Å². The second-order valence-corrected chi connectivity index (χ2v) is 4.20. The van der Waals surface area contributed by atoms with Gasteiger partial charge in [0.25, 0.3) is 0 Å². The van der Waals surface area contributed by atoms with E-state index < -0.39 is 0 Å². The minimum atomic E-state index is 0.312.